The highest BCUT2D eigenvalue weighted by atomic mass is 79.9. The van der Waals surface area contributed by atoms with Crippen LogP contribution in [0.5, 0.6) is 11.5 Å². The molecule has 3 rings (SSSR count). The number of anilines is 1. The average Bonchev–Trinajstić information content (AvgIpc) is 3.00. The van der Waals surface area contributed by atoms with Crippen molar-refractivity contribution in [3.63, 3.8) is 0 Å². The average molecular weight is 476 g/mol. The van der Waals surface area contributed by atoms with Crippen LogP contribution in [0.15, 0.2) is 46.4 Å². The van der Waals surface area contributed by atoms with Crippen LogP contribution in [-0.4, -0.2) is 25.0 Å². The molecule has 0 saturated carbocycles. The lowest BCUT2D eigenvalue weighted by Gasteiger charge is -2.15. The van der Waals surface area contributed by atoms with Crippen molar-refractivity contribution in [2.45, 2.75) is 6.92 Å². The van der Waals surface area contributed by atoms with Gasteiger partial charge in [-0.1, -0.05) is 35.7 Å². The molecule has 6 nitrogen and oxygen atoms in total. The van der Waals surface area contributed by atoms with E-state index in [1.54, 1.807) is 30.3 Å². The minimum atomic E-state index is -0.521. The molecule has 8 heteroatoms. The number of para-hydroxylation sites is 1. The minimum absolute atomic E-state index is 0.0135. The smallest absolute Gasteiger partial charge is 0.282 e. The van der Waals surface area contributed by atoms with Crippen molar-refractivity contribution >= 4 is 51.1 Å². The van der Waals surface area contributed by atoms with Gasteiger partial charge in [-0.05, 0) is 52.7 Å². The molecular formula is C21H16BrClN2O4. The molecule has 1 N–H and O–H groups in total. The zero-order valence-electron chi connectivity index (χ0n) is 15.4. The summed E-state index contributed by atoms with van der Waals surface area (Å²) >= 11 is 9.81. The normalized spacial score (nSPS) is 14.7. The Labute approximate surface area is 181 Å². The van der Waals surface area contributed by atoms with Gasteiger partial charge in [0.1, 0.15) is 17.2 Å². The highest BCUT2D eigenvalue weighted by Crippen LogP contribution is 2.43. The van der Waals surface area contributed by atoms with E-state index < -0.39 is 11.8 Å². The summed E-state index contributed by atoms with van der Waals surface area (Å²) in [5.41, 5.74) is 3.56. The molecule has 0 atom stereocenters. The number of carbonyl (C=O) groups excluding carboxylic acids is 2. The summed E-state index contributed by atoms with van der Waals surface area (Å²) in [5, 5.41) is 1.42. The Kier molecular flexibility index (Phi) is 6.47. The predicted molar refractivity (Wildman–Crippen MR) is 115 cm³/mol. The van der Waals surface area contributed by atoms with E-state index in [-0.39, 0.29) is 23.0 Å². The number of nitrogens with zero attached hydrogens (tertiary/aromatic N) is 1. The molecular weight excluding hydrogens is 460 g/mol. The molecule has 0 aromatic heterocycles. The van der Waals surface area contributed by atoms with E-state index in [0.29, 0.717) is 28.1 Å². The Morgan fingerprint density at radius 2 is 2.00 bits per heavy atom. The molecule has 0 bridgehead atoms. The molecule has 1 fully saturated rings. The van der Waals surface area contributed by atoms with E-state index in [0.717, 1.165) is 0 Å². The van der Waals surface area contributed by atoms with Gasteiger partial charge in [-0.15, -0.1) is 6.42 Å². The second kappa shape index (κ2) is 9.03. The second-order valence-corrected chi connectivity index (χ2v) is 6.99. The van der Waals surface area contributed by atoms with Gasteiger partial charge in [-0.25, -0.2) is 5.01 Å². The summed E-state index contributed by atoms with van der Waals surface area (Å²) in [5.74, 6) is 2.01. The third-order valence-corrected chi connectivity index (χ3v) is 5.40. The van der Waals surface area contributed by atoms with Gasteiger partial charge in [0.2, 0.25) is 0 Å². The zero-order valence-corrected chi connectivity index (χ0v) is 17.7. The van der Waals surface area contributed by atoms with Crippen LogP contribution in [0.25, 0.3) is 6.08 Å². The van der Waals surface area contributed by atoms with Crippen molar-refractivity contribution in [2.75, 3.05) is 18.2 Å². The molecule has 2 aromatic carbocycles. The molecule has 2 aromatic rings. The molecule has 0 spiro atoms. The fraction of sp³-hybridized carbons (Fsp3) is 0.143. The van der Waals surface area contributed by atoms with E-state index in [9.17, 15) is 9.59 Å². The molecule has 2 amide bonds. The Morgan fingerprint density at radius 3 is 2.66 bits per heavy atom. The van der Waals surface area contributed by atoms with Crippen LogP contribution in [0.3, 0.4) is 0 Å². The number of hydrogen-bond acceptors (Lipinski definition) is 4. The first-order chi connectivity index (χ1) is 14.0. The van der Waals surface area contributed by atoms with E-state index >= 15 is 0 Å². The number of nitrogens with one attached hydrogen (secondary N) is 1. The standard InChI is InChI=1S/C21H16BrClN2O4/c1-3-10-29-19-16(28-4-2)12-13(17(22)18(19)23)11-15-20(26)24-25(21(15)27)14-8-6-5-7-9-14/h1,5-9,11-12H,4,10H2,2H3,(H,24,26)/b15-11-. The van der Waals surface area contributed by atoms with Crippen molar-refractivity contribution in [1.82, 2.24) is 5.43 Å². The van der Waals surface area contributed by atoms with Crippen molar-refractivity contribution in [1.29, 1.82) is 0 Å². The number of hydrogen-bond donors (Lipinski definition) is 1. The fourth-order valence-electron chi connectivity index (χ4n) is 2.69. The lowest BCUT2D eigenvalue weighted by molar-refractivity contribution is -0.117. The summed E-state index contributed by atoms with van der Waals surface area (Å²) in [6, 6.07) is 10.4. The van der Waals surface area contributed by atoms with E-state index in [2.05, 4.69) is 27.3 Å². The number of ether oxygens (including phenoxy) is 2. The van der Waals surface area contributed by atoms with Crippen molar-refractivity contribution in [3.8, 4) is 23.8 Å². The van der Waals surface area contributed by atoms with Crippen molar-refractivity contribution in [2.24, 2.45) is 0 Å². The van der Waals surface area contributed by atoms with E-state index in [1.807, 2.05) is 13.0 Å². The molecule has 1 aliphatic rings. The number of hydrazine groups is 1. The van der Waals surface area contributed by atoms with Gasteiger partial charge in [-0.3, -0.25) is 15.0 Å². The van der Waals surface area contributed by atoms with Crippen LogP contribution in [-0.2, 0) is 9.59 Å². The van der Waals surface area contributed by atoms with Gasteiger partial charge in [0, 0.05) is 4.47 Å². The molecule has 148 valence electrons. The van der Waals surface area contributed by atoms with E-state index in [4.69, 9.17) is 27.5 Å². The van der Waals surface area contributed by atoms with Crippen LogP contribution < -0.4 is 19.9 Å². The van der Waals surface area contributed by atoms with Crippen LogP contribution >= 0.6 is 27.5 Å². The number of carbonyl (C=O) groups is 2. The first-order valence-corrected chi connectivity index (χ1v) is 9.78. The maximum absolute atomic E-state index is 12.8. The quantitative estimate of drug-likeness (QED) is 0.390. The summed E-state index contributed by atoms with van der Waals surface area (Å²) < 4.78 is 11.5. The minimum Gasteiger partial charge on any atom is -0.490 e. The Morgan fingerprint density at radius 1 is 1.28 bits per heavy atom. The lowest BCUT2D eigenvalue weighted by Crippen LogP contribution is -2.35. The SMILES string of the molecule is C#CCOc1c(OCC)cc(/C=C2/C(=O)NN(c3ccccc3)C2=O)c(Br)c1Cl. The third-order valence-electron chi connectivity index (χ3n) is 3.96. The Bertz CT molecular complexity index is 1030. The largest absolute Gasteiger partial charge is 0.490 e. The van der Waals surface area contributed by atoms with Gasteiger partial charge in [0.05, 0.1) is 12.3 Å². The van der Waals surface area contributed by atoms with Crippen LogP contribution in [0.4, 0.5) is 5.69 Å². The van der Waals surface area contributed by atoms with Crippen molar-refractivity contribution in [3.05, 3.63) is 57.0 Å². The maximum Gasteiger partial charge on any atom is 0.282 e. The van der Waals surface area contributed by atoms with Gasteiger partial charge in [0.25, 0.3) is 11.8 Å². The third kappa shape index (κ3) is 4.24. The van der Waals surface area contributed by atoms with Gasteiger partial charge >= 0.3 is 0 Å². The number of halogens is 2. The molecule has 1 aliphatic heterocycles. The fourth-order valence-corrected chi connectivity index (χ4v) is 3.36. The molecule has 29 heavy (non-hydrogen) atoms. The zero-order chi connectivity index (χ0) is 21.0. The van der Waals surface area contributed by atoms with Crippen LogP contribution in [0.1, 0.15) is 12.5 Å². The highest BCUT2D eigenvalue weighted by molar-refractivity contribution is 9.10. The van der Waals surface area contributed by atoms with Gasteiger partial charge in [-0.2, -0.15) is 0 Å². The summed E-state index contributed by atoms with van der Waals surface area (Å²) in [4.78, 5) is 25.2. The number of amides is 2. The van der Waals surface area contributed by atoms with Crippen molar-refractivity contribution < 1.29 is 19.1 Å². The second-order valence-electron chi connectivity index (χ2n) is 5.82. The monoisotopic (exact) mass is 474 g/mol. The predicted octanol–water partition coefficient (Wildman–Crippen LogP) is 3.97. The molecule has 0 radical (unpaired) electrons. The van der Waals surface area contributed by atoms with E-state index in [1.165, 1.54) is 11.1 Å². The Balaban J connectivity index is 2.02. The van der Waals surface area contributed by atoms with Gasteiger partial charge < -0.3 is 9.47 Å². The molecule has 0 unspecified atom stereocenters. The molecule has 1 saturated heterocycles. The topological polar surface area (TPSA) is 67.9 Å². The first kappa shape index (κ1) is 20.8. The molecule has 1 heterocycles. The van der Waals surface area contributed by atoms with Crippen LogP contribution in [0, 0.1) is 12.3 Å². The lowest BCUT2D eigenvalue weighted by atomic mass is 10.1. The van der Waals surface area contributed by atoms with Crippen LogP contribution in [0.2, 0.25) is 5.02 Å². The number of benzene rings is 2. The van der Waals surface area contributed by atoms with Gasteiger partial charge in [0.15, 0.2) is 11.5 Å². The number of terminal acetylenes is 1. The highest BCUT2D eigenvalue weighted by Gasteiger charge is 2.34. The first-order valence-electron chi connectivity index (χ1n) is 8.61. The molecule has 0 aliphatic carbocycles. The summed E-state index contributed by atoms with van der Waals surface area (Å²) in [6.45, 7) is 2.19. The summed E-state index contributed by atoms with van der Waals surface area (Å²) in [7, 11) is 0. The summed E-state index contributed by atoms with van der Waals surface area (Å²) in [6.07, 6.45) is 6.70. The maximum atomic E-state index is 12.8. The number of rotatable bonds is 6. The Hall–Kier alpha value is -2.95.